The van der Waals surface area contributed by atoms with Crippen LogP contribution >= 0.6 is 12.4 Å². The molecule has 5 heteroatoms. The van der Waals surface area contributed by atoms with Crippen molar-refractivity contribution in [1.29, 1.82) is 0 Å². The zero-order valence-corrected chi connectivity index (χ0v) is 16.6. The summed E-state index contributed by atoms with van der Waals surface area (Å²) in [7, 11) is 0. The zero-order valence-electron chi connectivity index (χ0n) is 15.8. The van der Waals surface area contributed by atoms with Crippen molar-refractivity contribution in [2.75, 3.05) is 24.7 Å². The van der Waals surface area contributed by atoms with Gasteiger partial charge < -0.3 is 15.1 Å². The number of hydrogen-bond donors (Lipinski definition) is 1. The Bertz CT molecular complexity index is 593. The molecule has 1 amide bonds. The molecular weight excluding hydrogens is 346 g/mol. The Kier molecular flexibility index (Phi) is 6.13. The van der Waals surface area contributed by atoms with E-state index in [4.69, 9.17) is 0 Å². The summed E-state index contributed by atoms with van der Waals surface area (Å²) in [5.74, 6) is 1.17. The first-order chi connectivity index (χ1) is 12.2. The third kappa shape index (κ3) is 3.46. The van der Waals surface area contributed by atoms with Gasteiger partial charge in [0, 0.05) is 24.8 Å². The first-order valence-electron chi connectivity index (χ1n) is 10.1. The molecule has 0 bridgehead atoms. The van der Waals surface area contributed by atoms with Gasteiger partial charge in [-0.1, -0.05) is 31.5 Å². The third-order valence-electron chi connectivity index (χ3n) is 6.94. The summed E-state index contributed by atoms with van der Waals surface area (Å²) in [5, 5.41) is 3.10. The minimum Gasteiger partial charge on any atom is -0.339 e. The molecule has 2 saturated heterocycles. The number of benzene rings is 1. The number of carbonyl (C=O) groups excluding carboxylic acids is 1. The third-order valence-corrected chi connectivity index (χ3v) is 6.94. The zero-order chi connectivity index (χ0) is 17.3. The summed E-state index contributed by atoms with van der Waals surface area (Å²) >= 11 is 0. The van der Waals surface area contributed by atoms with Crippen LogP contribution in [0.4, 0.5) is 5.69 Å². The van der Waals surface area contributed by atoms with Crippen molar-refractivity contribution in [3.8, 4) is 0 Å². The van der Waals surface area contributed by atoms with Crippen LogP contribution in [0.2, 0.25) is 0 Å². The Morgan fingerprint density at radius 3 is 2.35 bits per heavy atom. The highest BCUT2D eigenvalue weighted by Crippen LogP contribution is 2.38. The number of para-hydroxylation sites is 1. The van der Waals surface area contributed by atoms with E-state index < -0.39 is 0 Å². The quantitative estimate of drug-likeness (QED) is 0.870. The maximum atomic E-state index is 12.7. The van der Waals surface area contributed by atoms with Crippen LogP contribution in [0.5, 0.6) is 0 Å². The summed E-state index contributed by atoms with van der Waals surface area (Å²) in [4.78, 5) is 17.7. The molecule has 3 fully saturated rings. The lowest BCUT2D eigenvalue weighted by Gasteiger charge is -2.46. The first kappa shape index (κ1) is 19.5. The number of carbonyl (C=O) groups is 1. The molecule has 0 aromatic heterocycles. The second-order valence-corrected chi connectivity index (χ2v) is 8.08. The molecule has 1 N–H and O–H groups in total. The van der Waals surface area contributed by atoms with Gasteiger partial charge in [0.2, 0.25) is 5.91 Å². The standard InChI is InChI=1S/C21H31N3O.ClH/c1-2-17-8-10-18(11-9-17)23-14-12-21(13-15-23)20(25)22-16-24(21)19-6-4-3-5-7-19;/h3-7,17-18H,2,8-16H2,1H3,(H,22,25);1H. The Morgan fingerprint density at radius 2 is 1.73 bits per heavy atom. The molecule has 1 saturated carbocycles. The fourth-order valence-corrected chi connectivity index (χ4v) is 5.21. The Hall–Kier alpha value is -1.26. The van der Waals surface area contributed by atoms with Gasteiger partial charge in [-0.2, -0.15) is 0 Å². The van der Waals surface area contributed by atoms with E-state index in [1.165, 1.54) is 32.1 Å². The van der Waals surface area contributed by atoms with Crippen LogP contribution in [0.15, 0.2) is 30.3 Å². The first-order valence-corrected chi connectivity index (χ1v) is 10.1. The highest BCUT2D eigenvalue weighted by atomic mass is 35.5. The monoisotopic (exact) mass is 377 g/mol. The lowest BCUT2D eigenvalue weighted by Crippen LogP contribution is -2.58. The molecule has 0 radical (unpaired) electrons. The fraction of sp³-hybridized carbons (Fsp3) is 0.667. The predicted octanol–water partition coefficient (Wildman–Crippen LogP) is 3.81. The van der Waals surface area contributed by atoms with Crippen LogP contribution in [0, 0.1) is 5.92 Å². The smallest absolute Gasteiger partial charge is 0.247 e. The van der Waals surface area contributed by atoms with Crippen LogP contribution in [0.1, 0.15) is 51.9 Å². The molecule has 3 aliphatic rings. The van der Waals surface area contributed by atoms with Crippen LogP contribution < -0.4 is 10.2 Å². The van der Waals surface area contributed by atoms with E-state index in [2.05, 4.69) is 46.3 Å². The number of anilines is 1. The summed E-state index contributed by atoms with van der Waals surface area (Å²) in [5.41, 5.74) is 0.830. The molecule has 26 heavy (non-hydrogen) atoms. The number of halogens is 1. The minimum absolute atomic E-state index is 0. The van der Waals surface area contributed by atoms with E-state index in [0.717, 1.165) is 43.6 Å². The van der Waals surface area contributed by atoms with Crippen molar-refractivity contribution in [3.63, 3.8) is 0 Å². The SMILES string of the molecule is CCC1CCC(N2CCC3(CC2)C(=O)NCN3c2ccccc2)CC1.Cl. The number of piperidine rings is 1. The number of amides is 1. The van der Waals surface area contributed by atoms with Crippen molar-refractivity contribution in [1.82, 2.24) is 10.2 Å². The second kappa shape index (κ2) is 8.18. The number of rotatable bonds is 3. The molecule has 1 spiro atoms. The molecule has 2 aliphatic heterocycles. The normalized spacial score (nSPS) is 28.7. The predicted molar refractivity (Wildman–Crippen MR) is 109 cm³/mol. The van der Waals surface area contributed by atoms with Gasteiger partial charge >= 0.3 is 0 Å². The van der Waals surface area contributed by atoms with Crippen LogP contribution in [-0.4, -0.2) is 42.1 Å². The average molecular weight is 378 g/mol. The van der Waals surface area contributed by atoms with Crippen LogP contribution in [0.3, 0.4) is 0 Å². The topological polar surface area (TPSA) is 35.6 Å². The van der Waals surface area contributed by atoms with Crippen molar-refractivity contribution in [3.05, 3.63) is 30.3 Å². The van der Waals surface area contributed by atoms with E-state index in [-0.39, 0.29) is 23.9 Å². The van der Waals surface area contributed by atoms with Crippen molar-refractivity contribution in [2.24, 2.45) is 5.92 Å². The lowest BCUT2D eigenvalue weighted by atomic mass is 9.81. The number of hydrogen-bond acceptors (Lipinski definition) is 3. The van der Waals surface area contributed by atoms with Crippen molar-refractivity contribution >= 4 is 24.0 Å². The molecule has 4 rings (SSSR count). The largest absolute Gasteiger partial charge is 0.339 e. The van der Waals surface area contributed by atoms with E-state index in [1.54, 1.807) is 0 Å². The molecule has 0 unspecified atom stereocenters. The summed E-state index contributed by atoms with van der Waals surface area (Å²) in [6, 6.07) is 11.2. The van der Waals surface area contributed by atoms with Gasteiger partial charge in [-0.15, -0.1) is 12.4 Å². The van der Waals surface area contributed by atoms with Gasteiger partial charge in [0.25, 0.3) is 0 Å². The summed E-state index contributed by atoms with van der Waals surface area (Å²) < 4.78 is 0. The number of nitrogens with one attached hydrogen (secondary N) is 1. The summed E-state index contributed by atoms with van der Waals surface area (Å²) in [6.45, 7) is 5.08. The maximum absolute atomic E-state index is 12.7. The molecule has 1 aliphatic carbocycles. The van der Waals surface area contributed by atoms with Crippen molar-refractivity contribution < 1.29 is 4.79 Å². The molecular formula is C21H32ClN3O. The second-order valence-electron chi connectivity index (χ2n) is 8.08. The van der Waals surface area contributed by atoms with E-state index in [1.807, 2.05) is 6.07 Å². The molecule has 2 heterocycles. The molecule has 1 aromatic carbocycles. The molecule has 144 valence electrons. The maximum Gasteiger partial charge on any atom is 0.247 e. The molecule has 4 nitrogen and oxygen atoms in total. The van der Waals surface area contributed by atoms with E-state index in [9.17, 15) is 4.79 Å². The minimum atomic E-state index is -0.335. The Labute approximate surface area is 163 Å². The van der Waals surface area contributed by atoms with Crippen LogP contribution in [-0.2, 0) is 4.79 Å². The highest BCUT2D eigenvalue weighted by Gasteiger charge is 2.50. The van der Waals surface area contributed by atoms with Gasteiger partial charge in [0.15, 0.2) is 0 Å². The Morgan fingerprint density at radius 1 is 1.08 bits per heavy atom. The number of likely N-dealkylation sites (tertiary alicyclic amines) is 1. The van der Waals surface area contributed by atoms with E-state index >= 15 is 0 Å². The van der Waals surface area contributed by atoms with Gasteiger partial charge in [0.05, 0.1) is 6.67 Å². The molecule has 0 atom stereocenters. The van der Waals surface area contributed by atoms with Gasteiger partial charge in [-0.05, 0) is 56.6 Å². The van der Waals surface area contributed by atoms with Gasteiger partial charge in [0.1, 0.15) is 5.54 Å². The van der Waals surface area contributed by atoms with Gasteiger partial charge in [-0.25, -0.2) is 0 Å². The highest BCUT2D eigenvalue weighted by molar-refractivity contribution is 5.93. The summed E-state index contributed by atoms with van der Waals surface area (Å²) in [6.07, 6.45) is 8.70. The van der Waals surface area contributed by atoms with Crippen molar-refractivity contribution in [2.45, 2.75) is 63.5 Å². The average Bonchev–Trinajstić information content (AvgIpc) is 2.99. The lowest BCUT2D eigenvalue weighted by molar-refractivity contribution is -0.125. The molecule has 1 aromatic rings. The van der Waals surface area contributed by atoms with Gasteiger partial charge in [-0.3, -0.25) is 4.79 Å². The van der Waals surface area contributed by atoms with Crippen LogP contribution in [0.25, 0.3) is 0 Å². The number of nitrogens with zero attached hydrogens (tertiary/aromatic N) is 2. The van der Waals surface area contributed by atoms with E-state index in [0.29, 0.717) is 6.67 Å². The fourth-order valence-electron chi connectivity index (χ4n) is 5.21. The Balaban J connectivity index is 0.00000196.